The highest BCUT2D eigenvalue weighted by molar-refractivity contribution is 7.92. The van der Waals surface area contributed by atoms with Crippen LogP contribution in [0, 0.1) is 0 Å². The first-order chi connectivity index (χ1) is 8.67. The quantitative estimate of drug-likeness (QED) is 0.581. The summed E-state index contributed by atoms with van der Waals surface area (Å²) in [6.07, 6.45) is 13.6. The molecule has 1 aliphatic rings. The third-order valence-electron chi connectivity index (χ3n) is 4.09. The number of sulfone groups is 1. The van der Waals surface area contributed by atoms with Crippen LogP contribution in [0.5, 0.6) is 0 Å². The molecule has 1 rings (SSSR count). The van der Waals surface area contributed by atoms with Crippen molar-refractivity contribution in [3.63, 3.8) is 0 Å². The molecule has 0 bridgehead atoms. The number of rotatable bonds is 9. The summed E-state index contributed by atoms with van der Waals surface area (Å²) in [7, 11) is -2.78. The number of unbranched alkanes of at least 4 members (excludes halogenated alkanes) is 6. The molecule has 0 atom stereocenters. The minimum Gasteiger partial charge on any atom is -0.229 e. The van der Waals surface area contributed by atoms with Gasteiger partial charge >= 0.3 is 0 Å². The summed E-state index contributed by atoms with van der Waals surface area (Å²) >= 11 is 0. The van der Waals surface area contributed by atoms with E-state index >= 15 is 0 Å². The average molecular weight is 274 g/mol. The van der Waals surface area contributed by atoms with Gasteiger partial charge in [-0.15, -0.1) is 0 Å². The highest BCUT2D eigenvalue weighted by atomic mass is 32.2. The maximum absolute atomic E-state index is 12.1. The van der Waals surface area contributed by atoms with Gasteiger partial charge in [-0.05, 0) is 19.3 Å². The lowest BCUT2D eigenvalue weighted by Crippen LogP contribution is -2.26. The first-order valence-electron chi connectivity index (χ1n) is 7.88. The van der Waals surface area contributed by atoms with Gasteiger partial charge in [0.1, 0.15) is 0 Å². The maximum atomic E-state index is 12.1. The van der Waals surface area contributed by atoms with E-state index in [0.29, 0.717) is 5.75 Å². The van der Waals surface area contributed by atoms with E-state index < -0.39 is 9.84 Å². The molecular weight excluding hydrogens is 244 g/mol. The van der Waals surface area contributed by atoms with Crippen LogP contribution in [-0.2, 0) is 9.84 Å². The van der Waals surface area contributed by atoms with Gasteiger partial charge in [0.15, 0.2) is 9.84 Å². The van der Waals surface area contributed by atoms with Crippen LogP contribution >= 0.6 is 0 Å². The minimum atomic E-state index is -2.78. The number of hydrogen-bond donors (Lipinski definition) is 0. The van der Waals surface area contributed by atoms with E-state index in [1.165, 1.54) is 38.5 Å². The number of hydrogen-bond acceptors (Lipinski definition) is 2. The molecule has 1 fully saturated rings. The highest BCUT2D eigenvalue weighted by Crippen LogP contribution is 2.24. The Bertz CT molecular complexity index is 290. The van der Waals surface area contributed by atoms with Gasteiger partial charge in [-0.3, -0.25) is 0 Å². The van der Waals surface area contributed by atoms with Crippen LogP contribution in [0.15, 0.2) is 0 Å². The van der Waals surface area contributed by atoms with Crippen molar-refractivity contribution >= 4 is 9.84 Å². The van der Waals surface area contributed by atoms with Gasteiger partial charge < -0.3 is 0 Å². The molecule has 1 saturated carbocycles. The smallest absolute Gasteiger partial charge is 0.153 e. The predicted molar refractivity (Wildman–Crippen MR) is 78.7 cm³/mol. The van der Waals surface area contributed by atoms with Crippen molar-refractivity contribution in [2.45, 2.75) is 89.2 Å². The molecule has 0 N–H and O–H groups in total. The van der Waals surface area contributed by atoms with E-state index in [9.17, 15) is 8.42 Å². The fourth-order valence-electron chi connectivity index (χ4n) is 2.85. The molecule has 0 spiro atoms. The lowest BCUT2D eigenvalue weighted by molar-refractivity contribution is 0.482. The molecule has 0 aliphatic heterocycles. The van der Waals surface area contributed by atoms with Crippen molar-refractivity contribution in [1.29, 1.82) is 0 Å². The first kappa shape index (κ1) is 16.0. The third-order valence-corrected chi connectivity index (χ3v) is 6.44. The van der Waals surface area contributed by atoms with E-state index in [-0.39, 0.29) is 5.25 Å². The zero-order chi connectivity index (χ0) is 13.3. The summed E-state index contributed by atoms with van der Waals surface area (Å²) in [6.45, 7) is 2.22. The van der Waals surface area contributed by atoms with Crippen molar-refractivity contribution < 1.29 is 8.42 Å². The van der Waals surface area contributed by atoms with Crippen molar-refractivity contribution in [2.24, 2.45) is 0 Å². The second-order valence-corrected chi connectivity index (χ2v) is 8.15. The molecule has 0 aromatic rings. The van der Waals surface area contributed by atoms with E-state index in [0.717, 1.165) is 38.5 Å². The zero-order valence-corrected chi connectivity index (χ0v) is 12.8. The second kappa shape index (κ2) is 8.95. The first-order valence-corrected chi connectivity index (χ1v) is 9.60. The molecule has 2 nitrogen and oxygen atoms in total. The lowest BCUT2D eigenvalue weighted by atomic mass is 10.0. The van der Waals surface area contributed by atoms with Gasteiger partial charge in [-0.2, -0.15) is 0 Å². The molecular formula is C15H30O2S. The maximum Gasteiger partial charge on any atom is 0.153 e. The molecule has 0 saturated heterocycles. The van der Waals surface area contributed by atoms with E-state index in [1.54, 1.807) is 0 Å². The van der Waals surface area contributed by atoms with Gasteiger partial charge in [0.25, 0.3) is 0 Å². The van der Waals surface area contributed by atoms with Gasteiger partial charge in [0.2, 0.25) is 0 Å². The monoisotopic (exact) mass is 274 g/mol. The normalized spacial score (nSPS) is 18.1. The fourth-order valence-corrected chi connectivity index (χ4v) is 4.84. The molecule has 0 aromatic carbocycles. The van der Waals surface area contributed by atoms with E-state index in [4.69, 9.17) is 0 Å². The zero-order valence-electron chi connectivity index (χ0n) is 12.0. The average Bonchev–Trinajstić information content (AvgIpc) is 2.39. The Hall–Kier alpha value is -0.0500. The van der Waals surface area contributed by atoms with Gasteiger partial charge in [-0.1, -0.05) is 64.7 Å². The predicted octanol–water partition coefficient (Wildman–Crippen LogP) is 4.48. The Morgan fingerprint density at radius 3 is 2.00 bits per heavy atom. The fraction of sp³-hybridized carbons (Fsp3) is 1.00. The summed E-state index contributed by atoms with van der Waals surface area (Å²) < 4.78 is 24.2. The van der Waals surface area contributed by atoms with E-state index in [1.807, 2.05) is 0 Å². The highest BCUT2D eigenvalue weighted by Gasteiger charge is 2.26. The summed E-state index contributed by atoms with van der Waals surface area (Å²) in [6, 6.07) is 0. The lowest BCUT2D eigenvalue weighted by Gasteiger charge is -2.21. The van der Waals surface area contributed by atoms with Crippen LogP contribution in [0.1, 0.15) is 84.0 Å². The largest absolute Gasteiger partial charge is 0.229 e. The Kier molecular flexibility index (Phi) is 7.96. The summed E-state index contributed by atoms with van der Waals surface area (Å²) in [4.78, 5) is 0. The molecule has 0 unspecified atom stereocenters. The van der Waals surface area contributed by atoms with Crippen LogP contribution in [0.3, 0.4) is 0 Å². The topological polar surface area (TPSA) is 34.1 Å². The van der Waals surface area contributed by atoms with Crippen molar-refractivity contribution in [1.82, 2.24) is 0 Å². The van der Waals surface area contributed by atoms with Gasteiger partial charge in [-0.25, -0.2) is 8.42 Å². The molecule has 0 aromatic heterocycles. The molecule has 0 radical (unpaired) electrons. The Morgan fingerprint density at radius 1 is 0.833 bits per heavy atom. The molecule has 18 heavy (non-hydrogen) atoms. The van der Waals surface area contributed by atoms with Gasteiger partial charge in [0.05, 0.1) is 11.0 Å². The van der Waals surface area contributed by atoms with Crippen LogP contribution < -0.4 is 0 Å². The van der Waals surface area contributed by atoms with Crippen molar-refractivity contribution in [3.8, 4) is 0 Å². The molecule has 0 heterocycles. The van der Waals surface area contributed by atoms with E-state index in [2.05, 4.69) is 6.92 Å². The van der Waals surface area contributed by atoms with Crippen molar-refractivity contribution in [2.75, 3.05) is 5.75 Å². The molecule has 3 heteroatoms. The molecule has 108 valence electrons. The molecule has 0 amide bonds. The van der Waals surface area contributed by atoms with Crippen LogP contribution in [0.4, 0.5) is 0 Å². The van der Waals surface area contributed by atoms with Crippen LogP contribution in [0.2, 0.25) is 0 Å². The minimum absolute atomic E-state index is 0.00802. The Labute approximate surface area is 113 Å². The second-order valence-electron chi connectivity index (χ2n) is 5.75. The van der Waals surface area contributed by atoms with Gasteiger partial charge in [0, 0.05) is 0 Å². The summed E-state index contributed by atoms with van der Waals surface area (Å²) in [5.74, 6) is 0.436. The van der Waals surface area contributed by atoms with Crippen molar-refractivity contribution in [3.05, 3.63) is 0 Å². The van der Waals surface area contributed by atoms with Crippen LogP contribution in [-0.4, -0.2) is 19.4 Å². The molecule has 1 aliphatic carbocycles. The Balaban J connectivity index is 2.09. The summed E-state index contributed by atoms with van der Waals surface area (Å²) in [5, 5.41) is -0.00802. The summed E-state index contributed by atoms with van der Waals surface area (Å²) in [5.41, 5.74) is 0. The van der Waals surface area contributed by atoms with Crippen LogP contribution in [0.25, 0.3) is 0 Å². The standard InChI is InChI=1S/C15H30O2S/c1-2-3-4-5-6-7-11-14-18(16,17)15-12-9-8-10-13-15/h15H,2-14H2,1H3. The Morgan fingerprint density at radius 2 is 1.39 bits per heavy atom. The SMILES string of the molecule is CCCCCCCCCS(=O)(=O)C1CCCCC1. The third kappa shape index (κ3) is 6.21.